The average Bonchev–Trinajstić information content (AvgIpc) is 2.06. The second-order valence-electron chi connectivity index (χ2n) is 2.17. The Kier molecular flexibility index (Phi) is 2.75. The molecule has 1 heterocycles. The van der Waals surface area contributed by atoms with Crippen molar-refractivity contribution in [3.05, 3.63) is 23.8 Å². The largest absolute Gasteiger partial charge is 0.240 e. The van der Waals surface area contributed by atoms with Crippen LogP contribution in [0.1, 0.15) is 11.4 Å². The minimum Gasteiger partial charge on any atom is -0.240 e. The second kappa shape index (κ2) is 4.05. The van der Waals surface area contributed by atoms with E-state index in [1.807, 2.05) is 12.1 Å². The van der Waals surface area contributed by atoms with Crippen molar-refractivity contribution in [3.8, 4) is 12.1 Å². The fourth-order valence-corrected chi connectivity index (χ4v) is 0.799. The topological polar surface area (TPSA) is 73.4 Å². The van der Waals surface area contributed by atoms with Gasteiger partial charge < -0.3 is 0 Å². The molecule has 4 heteroatoms. The normalized spacial score (nSPS) is 8.50. The van der Waals surface area contributed by atoms with Crippen molar-refractivity contribution < 1.29 is 0 Å². The Morgan fingerprint density at radius 1 is 1.08 bits per heavy atom. The molecule has 0 aliphatic rings. The first-order valence-electron chi connectivity index (χ1n) is 3.40. The van der Waals surface area contributed by atoms with E-state index in [1.165, 1.54) is 6.33 Å². The highest BCUT2D eigenvalue weighted by Gasteiger charge is 1.96. The minimum absolute atomic E-state index is 0.265. The van der Waals surface area contributed by atoms with Gasteiger partial charge in [-0.1, -0.05) is 0 Å². The van der Waals surface area contributed by atoms with Crippen molar-refractivity contribution in [3.63, 3.8) is 0 Å². The summed E-state index contributed by atoms with van der Waals surface area (Å²) in [5.41, 5.74) is 1.33. The second-order valence-corrected chi connectivity index (χ2v) is 2.17. The zero-order chi connectivity index (χ0) is 8.81. The number of nitriles is 2. The zero-order valence-corrected chi connectivity index (χ0v) is 6.36. The summed E-state index contributed by atoms with van der Waals surface area (Å²) in [6, 6.07) is 5.63. The van der Waals surface area contributed by atoms with Gasteiger partial charge in [0, 0.05) is 0 Å². The third-order valence-corrected chi connectivity index (χ3v) is 1.30. The highest BCUT2D eigenvalue weighted by molar-refractivity contribution is 5.14. The van der Waals surface area contributed by atoms with Crippen LogP contribution >= 0.6 is 0 Å². The van der Waals surface area contributed by atoms with Crippen LogP contribution in [-0.2, 0) is 12.8 Å². The van der Waals surface area contributed by atoms with Crippen LogP contribution in [0.4, 0.5) is 0 Å². The average molecular weight is 158 g/mol. The van der Waals surface area contributed by atoms with Crippen LogP contribution < -0.4 is 0 Å². The standard InChI is InChI=1S/C8H6N4/c9-3-1-7-5-8(2-4-10)12-6-11-7/h5-6H,1-2H2. The molecule has 0 N–H and O–H groups in total. The van der Waals surface area contributed by atoms with Crippen molar-refractivity contribution in [1.29, 1.82) is 10.5 Å². The molecule has 0 aliphatic carbocycles. The fraction of sp³-hybridized carbons (Fsp3) is 0.250. The van der Waals surface area contributed by atoms with Gasteiger partial charge in [-0.25, -0.2) is 9.97 Å². The number of rotatable bonds is 2. The van der Waals surface area contributed by atoms with E-state index in [9.17, 15) is 0 Å². The Hall–Kier alpha value is -1.94. The van der Waals surface area contributed by atoms with E-state index in [0.717, 1.165) is 0 Å². The molecule has 4 nitrogen and oxygen atoms in total. The van der Waals surface area contributed by atoms with Crippen molar-refractivity contribution in [2.75, 3.05) is 0 Å². The molecule has 0 amide bonds. The minimum atomic E-state index is 0.265. The molecule has 0 bridgehead atoms. The summed E-state index contributed by atoms with van der Waals surface area (Å²) in [6.45, 7) is 0. The smallest absolute Gasteiger partial charge is 0.116 e. The Balaban J connectivity index is 2.84. The van der Waals surface area contributed by atoms with Gasteiger partial charge in [-0.3, -0.25) is 0 Å². The Bertz CT molecular complexity index is 314. The molecule has 1 rings (SSSR count). The predicted octanol–water partition coefficient (Wildman–Crippen LogP) is 0.609. The zero-order valence-electron chi connectivity index (χ0n) is 6.36. The third kappa shape index (κ3) is 2.03. The number of hydrogen-bond acceptors (Lipinski definition) is 4. The first kappa shape index (κ1) is 8.16. The summed E-state index contributed by atoms with van der Waals surface area (Å²) < 4.78 is 0. The molecule has 0 saturated carbocycles. The quantitative estimate of drug-likeness (QED) is 0.632. The summed E-state index contributed by atoms with van der Waals surface area (Å²) in [5, 5.41) is 16.7. The molecular formula is C8H6N4. The number of aromatic nitrogens is 2. The van der Waals surface area contributed by atoms with Crippen LogP contribution in [0.15, 0.2) is 12.4 Å². The Morgan fingerprint density at radius 2 is 1.58 bits per heavy atom. The van der Waals surface area contributed by atoms with Crippen molar-refractivity contribution >= 4 is 0 Å². The van der Waals surface area contributed by atoms with Crippen LogP contribution in [0.5, 0.6) is 0 Å². The van der Waals surface area contributed by atoms with Crippen molar-refractivity contribution in [2.45, 2.75) is 12.8 Å². The van der Waals surface area contributed by atoms with Crippen LogP contribution in [-0.4, -0.2) is 9.97 Å². The van der Waals surface area contributed by atoms with E-state index >= 15 is 0 Å². The molecule has 0 radical (unpaired) electrons. The van der Waals surface area contributed by atoms with E-state index in [2.05, 4.69) is 9.97 Å². The lowest BCUT2D eigenvalue weighted by Crippen LogP contribution is -1.94. The number of nitrogens with zero attached hydrogens (tertiary/aromatic N) is 4. The lowest BCUT2D eigenvalue weighted by molar-refractivity contribution is 0.993. The van der Waals surface area contributed by atoms with E-state index in [4.69, 9.17) is 10.5 Å². The highest BCUT2D eigenvalue weighted by Crippen LogP contribution is 1.98. The van der Waals surface area contributed by atoms with Gasteiger partial charge in [-0.15, -0.1) is 0 Å². The molecule has 0 spiro atoms. The summed E-state index contributed by atoms with van der Waals surface area (Å²) in [4.78, 5) is 7.74. The van der Waals surface area contributed by atoms with Crippen molar-refractivity contribution in [2.24, 2.45) is 0 Å². The maximum absolute atomic E-state index is 8.37. The maximum Gasteiger partial charge on any atom is 0.116 e. The van der Waals surface area contributed by atoms with Crippen LogP contribution in [0.2, 0.25) is 0 Å². The molecular weight excluding hydrogens is 152 g/mol. The highest BCUT2D eigenvalue weighted by atomic mass is 14.8. The van der Waals surface area contributed by atoms with E-state index in [1.54, 1.807) is 6.07 Å². The lowest BCUT2D eigenvalue weighted by Gasteiger charge is -1.94. The Labute approximate surface area is 70.1 Å². The van der Waals surface area contributed by atoms with Gasteiger partial charge in [0.05, 0.1) is 36.4 Å². The summed E-state index contributed by atoms with van der Waals surface area (Å²) >= 11 is 0. The van der Waals surface area contributed by atoms with Gasteiger partial charge >= 0.3 is 0 Å². The van der Waals surface area contributed by atoms with E-state index in [-0.39, 0.29) is 12.8 Å². The maximum atomic E-state index is 8.37. The Morgan fingerprint density at radius 3 is 2.00 bits per heavy atom. The molecule has 1 aromatic heterocycles. The fourth-order valence-electron chi connectivity index (χ4n) is 0.799. The van der Waals surface area contributed by atoms with Crippen LogP contribution in [0.3, 0.4) is 0 Å². The van der Waals surface area contributed by atoms with E-state index in [0.29, 0.717) is 11.4 Å². The molecule has 58 valence electrons. The third-order valence-electron chi connectivity index (χ3n) is 1.30. The molecule has 0 unspecified atom stereocenters. The van der Waals surface area contributed by atoms with Crippen LogP contribution in [0, 0.1) is 22.7 Å². The summed E-state index contributed by atoms with van der Waals surface area (Å²) in [5.74, 6) is 0. The molecule has 0 aliphatic heterocycles. The van der Waals surface area contributed by atoms with Crippen molar-refractivity contribution in [1.82, 2.24) is 9.97 Å². The van der Waals surface area contributed by atoms with Gasteiger partial charge in [0.15, 0.2) is 0 Å². The van der Waals surface area contributed by atoms with Gasteiger partial charge in [0.2, 0.25) is 0 Å². The monoisotopic (exact) mass is 158 g/mol. The summed E-state index contributed by atoms with van der Waals surface area (Å²) in [7, 11) is 0. The summed E-state index contributed by atoms with van der Waals surface area (Å²) in [6.07, 6.45) is 1.90. The first-order chi connectivity index (χ1) is 5.86. The van der Waals surface area contributed by atoms with Gasteiger partial charge in [0.25, 0.3) is 0 Å². The molecule has 0 saturated heterocycles. The molecule has 0 fully saturated rings. The van der Waals surface area contributed by atoms with Gasteiger partial charge in [-0.05, 0) is 6.07 Å². The molecule has 1 aromatic rings. The van der Waals surface area contributed by atoms with E-state index < -0.39 is 0 Å². The van der Waals surface area contributed by atoms with Crippen LogP contribution in [0.25, 0.3) is 0 Å². The number of hydrogen-bond donors (Lipinski definition) is 0. The first-order valence-corrected chi connectivity index (χ1v) is 3.40. The lowest BCUT2D eigenvalue weighted by atomic mass is 10.2. The van der Waals surface area contributed by atoms with Gasteiger partial charge in [0.1, 0.15) is 6.33 Å². The molecule has 0 aromatic carbocycles. The SMILES string of the molecule is N#CCc1cc(CC#N)ncn1. The van der Waals surface area contributed by atoms with Gasteiger partial charge in [-0.2, -0.15) is 10.5 Å². The molecule has 12 heavy (non-hydrogen) atoms. The molecule has 0 atom stereocenters. The predicted molar refractivity (Wildman–Crippen MR) is 40.7 cm³/mol.